The van der Waals surface area contributed by atoms with Crippen molar-refractivity contribution in [3.63, 3.8) is 0 Å². The smallest absolute Gasteiger partial charge is 0.126 e. The van der Waals surface area contributed by atoms with E-state index in [4.69, 9.17) is 9.78 Å². The highest BCUT2D eigenvalue weighted by Gasteiger charge is 2.15. The van der Waals surface area contributed by atoms with Crippen LogP contribution in [0.25, 0.3) is 11.3 Å². The lowest BCUT2D eigenvalue weighted by molar-refractivity contribution is -0.341. The second kappa shape index (κ2) is 7.63. The fourth-order valence-corrected chi connectivity index (χ4v) is 2.78. The van der Waals surface area contributed by atoms with Crippen LogP contribution in [0.4, 0.5) is 5.82 Å². The van der Waals surface area contributed by atoms with Gasteiger partial charge in [0.05, 0.1) is 12.3 Å². The molecule has 0 bridgehead atoms. The van der Waals surface area contributed by atoms with Crippen molar-refractivity contribution in [1.29, 1.82) is 0 Å². The van der Waals surface area contributed by atoms with Crippen LogP contribution < -0.4 is 5.32 Å². The molecule has 2 aromatic rings. The Bertz CT molecular complexity index is 598. The van der Waals surface area contributed by atoms with Crippen LogP contribution in [0.15, 0.2) is 47.4 Å². The Morgan fingerprint density at radius 1 is 1.23 bits per heavy atom. The summed E-state index contributed by atoms with van der Waals surface area (Å²) in [4.78, 5) is 16.2. The Morgan fingerprint density at radius 2 is 2.09 bits per heavy atom. The van der Waals surface area contributed by atoms with Crippen molar-refractivity contribution in [3.8, 4) is 11.3 Å². The Balaban J connectivity index is 1.66. The van der Waals surface area contributed by atoms with Crippen LogP contribution in [0, 0.1) is 0 Å². The number of pyridine rings is 1. The molecule has 1 unspecified atom stereocenters. The van der Waals surface area contributed by atoms with Crippen LogP contribution >= 0.6 is 11.8 Å². The molecule has 0 spiro atoms. The molecule has 1 aromatic heterocycles. The molecule has 0 aliphatic carbocycles. The zero-order valence-electron chi connectivity index (χ0n) is 12.6. The topological polar surface area (TPSA) is 43.4 Å². The molecule has 0 radical (unpaired) electrons. The number of anilines is 1. The highest BCUT2D eigenvalue weighted by atomic mass is 32.2. The lowest BCUT2D eigenvalue weighted by Crippen LogP contribution is -2.27. The van der Waals surface area contributed by atoms with E-state index in [2.05, 4.69) is 40.8 Å². The Kier molecular flexibility index (Phi) is 5.32. The molecule has 1 aromatic carbocycles. The molecule has 1 atom stereocenters. The molecular formula is C17H20N2O2S. The number of rotatable bonds is 5. The molecule has 5 heteroatoms. The van der Waals surface area contributed by atoms with Gasteiger partial charge in [-0.2, -0.15) is 0 Å². The van der Waals surface area contributed by atoms with Crippen LogP contribution in [0.1, 0.15) is 12.8 Å². The van der Waals surface area contributed by atoms with E-state index in [1.807, 2.05) is 18.2 Å². The average Bonchev–Trinajstić information content (AvgIpc) is 2.61. The van der Waals surface area contributed by atoms with E-state index < -0.39 is 0 Å². The molecule has 4 nitrogen and oxygen atoms in total. The Labute approximate surface area is 135 Å². The molecule has 0 amide bonds. The third kappa shape index (κ3) is 4.00. The van der Waals surface area contributed by atoms with Gasteiger partial charge < -0.3 is 5.32 Å². The maximum atomic E-state index is 5.25. The molecule has 22 heavy (non-hydrogen) atoms. The maximum absolute atomic E-state index is 5.25. The third-order valence-corrected chi connectivity index (χ3v) is 4.35. The summed E-state index contributed by atoms with van der Waals surface area (Å²) in [6.45, 7) is 1.40. The summed E-state index contributed by atoms with van der Waals surface area (Å²) in [6.07, 6.45) is 4.24. The zero-order chi connectivity index (χ0) is 15.2. The van der Waals surface area contributed by atoms with Crippen molar-refractivity contribution >= 4 is 17.6 Å². The van der Waals surface area contributed by atoms with E-state index in [9.17, 15) is 0 Å². The number of hydrogen-bond acceptors (Lipinski definition) is 5. The van der Waals surface area contributed by atoms with Crippen LogP contribution in [0.5, 0.6) is 0 Å². The number of thioether (sulfide) groups is 1. The van der Waals surface area contributed by atoms with Gasteiger partial charge in [-0.15, -0.1) is 11.8 Å². The van der Waals surface area contributed by atoms with E-state index >= 15 is 0 Å². The van der Waals surface area contributed by atoms with E-state index in [1.165, 1.54) is 4.90 Å². The van der Waals surface area contributed by atoms with E-state index in [-0.39, 0.29) is 6.10 Å². The molecular weight excluding hydrogens is 296 g/mol. The predicted molar refractivity (Wildman–Crippen MR) is 90.0 cm³/mol. The first-order valence-electron chi connectivity index (χ1n) is 7.49. The fourth-order valence-electron chi connectivity index (χ4n) is 2.37. The molecule has 1 fully saturated rings. The molecule has 2 heterocycles. The Hall–Kier alpha value is -1.56. The first-order valence-corrected chi connectivity index (χ1v) is 8.71. The average molecular weight is 316 g/mol. The minimum atomic E-state index is 0.0973. The van der Waals surface area contributed by atoms with Crippen molar-refractivity contribution in [2.45, 2.75) is 23.8 Å². The monoisotopic (exact) mass is 316 g/mol. The van der Waals surface area contributed by atoms with Gasteiger partial charge in [-0.1, -0.05) is 18.2 Å². The van der Waals surface area contributed by atoms with Gasteiger partial charge in [-0.05, 0) is 43.4 Å². The summed E-state index contributed by atoms with van der Waals surface area (Å²) >= 11 is 1.74. The van der Waals surface area contributed by atoms with E-state index in [0.29, 0.717) is 13.2 Å². The number of aromatic nitrogens is 1. The van der Waals surface area contributed by atoms with Gasteiger partial charge in [0.2, 0.25) is 0 Å². The van der Waals surface area contributed by atoms with E-state index in [1.54, 1.807) is 11.8 Å². The number of benzene rings is 1. The van der Waals surface area contributed by atoms with Gasteiger partial charge in [0.15, 0.2) is 0 Å². The highest BCUT2D eigenvalue weighted by Crippen LogP contribution is 2.22. The lowest BCUT2D eigenvalue weighted by Gasteiger charge is -2.21. The molecule has 1 saturated heterocycles. The van der Waals surface area contributed by atoms with Crippen LogP contribution in [0.3, 0.4) is 0 Å². The summed E-state index contributed by atoms with van der Waals surface area (Å²) < 4.78 is 0. The third-order valence-electron chi connectivity index (χ3n) is 3.60. The zero-order valence-corrected chi connectivity index (χ0v) is 13.4. The molecule has 1 aliphatic heterocycles. The quantitative estimate of drug-likeness (QED) is 0.667. The molecule has 0 saturated carbocycles. The van der Waals surface area contributed by atoms with Gasteiger partial charge in [0.1, 0.15) is 11.9 Å². The molecule has 1 N–H and O–H groups in total. The predicted octanol–water partition coefficient (Wildman–Crippen LogP) is 3.99. The Morgan fingerprint density at radius 3 is 2.82 bits per heavy atom. The summed E-state index contributed by atoms with van der Waals surface area (Å²) in [5.41, 5.74) is 2.09. The van der Waals surface area contributed by atoms with Gasteiger partial charge in [0, 0.05) is 17.0 Å². The number of nitrogens with one attached hydrogen (secondary N) is 1. The minimum absolute atomic E-state index is 0.0973. The van der Waals surface area contributed by atoms with Crippen molar-refractivity contribution in [2.24, 2.45) is 0 Å². The van der Waals surface area contributed by atoms with Crippen LogP contribution in [-0.2, 0) is 9.78 Å². The fraction of sp³-hybridized carbons (Fsp3) is 0.353. The molecule has 116 valence electrons. The summed E-state index contributed by atoms with van der Waals surface area (Å²) in [6, 6.07) is 14.5. The summed E-state index contributed by atoms with van der Waals surface area (Å²) in [7, 11) is 0. The van der Waals surface area contributed by atoms with Gasteiger partial charge in [-0.3, -0.25) is 0 Å². The van der Waals surface area contributed by atoms with Crippen molar-refractivity contribution in [1.82, 2.24) is 4.98 Å². The second-order valence-corrected chi connectivity index (χ2v) is 6.08. The van der Waals surface area contributed by atoms with Crippen molar-refractivity contribution in [2.75, 3.05) is 24.7 Å². The van der Waals surface area contributed by atoms with Crippen LogP contribution in [-0.4, -0.2) is 30.5 Å². The first-order chi connectivity index (χ1) is 10.8. The molecule has 3 rings (SSSR count). The second-order valence-electron chi connectivity index (χ2n) is 5.20. The number of hydrogen-bond donors (Lipinski definition) is 1. The lowest BCUT2D eigenvalue weighted by atomic mass is 10.1. The molecule has 1 aliphatic rings. The largest absolute Gasteiger partial charge is 0.367 e. The van der Waals surface area contributed by atoms with Gasteiger partial charge >= 0.3 is 0 Å². The van der Waals surface area contributed by atoms with Gasteiger partial charge in [0.25, 0.3) is 0 Å². The normalized spacial score (nSPS) is 18.1. The minimum Gasteiger partial charge on any atom is -0.367 e. The SMILES string of the molecule is CSc1ccc(-c2cccc(NCC3CCCOO3)n2)cc1. The van der Waals surface area contributed by atoms with Crippen molar-refractivity contribution < 1.29 is 9.78 Å². The standard InChI is InChI=1S/C17H20N2O2S/c1-22-15-9-7-13(8-10-15)16-5-2-6-17(19-16)18-12-14-4-3-11-20-21-14/h2,5-10,14H,3-4,11-12H2,1H3,(H,18,19). The maximum Gasteiger partial charge on any atom is 0.126 e. The van der Waals surface area contributed by atoms with Crippen molar-refractivity contribution in [3.05, 3.63) is 42.5 Å². The van der Waals surface area contributed by atoms with E-state index in [0.717, 1.165) is 29.9 Å². The first kappa shape index (κ1) is 15.3. The highest BCUT2D eigenvalue weighted by molar-refractivity contribution is 7.98. The summed E-state index contributed by atoms with van der Waals surface area (Å²) in [5.74, 6) is 0.862. The van der Waals surface area contributed by atoms with Crippen LogP contribution in [0.2, 0.25) is 0 Å². The summed E-state index contributed by atoms with van der Waals surface area (Å²) in [5, 5.41) is 3.33. The van der Waals surface area contributed by atoms with Gasteiger partial charge in [-0.25, -0.2) is 14.8 Å². The number of nitrogens with zero attached hydrogens (tertiary/aromatic N) is 1.